The van der Waals surface area contributed by atoms with Crippen molar-refractivity contribution in [3.8, 4) is 0 Å². The molecule has 9 heavy (non-hydrogen) atoms. The zero-order valence-corrected chi connectivity index (χ0v) is 5.59. The van der Waals surface area contributed by atoms with Crippen molar-refractivity contribution in [2.24, 2.45) is 0 Å². The lowest BCUT2D eigenvalue weighted by Gasteiger charge is -2.24. The monoisotopic (exact) mass is 122 g/mol. The van der Waals surface area contributed by atoms with Gasteiger partial charge in [-0.2, -0.15) is 0 Å². The molecule has 2 rings (SSSR count). The highest BCUT2D eigenvalue weighted by atomic mass is 15.2. The molecule has 1 fully saturated rings. The van der Waals surface area contributed by atoms with E-state index in [1.54, 1.807) is 0 Å². The first kappa shape index (κ1) is 5.48. The van der Waals surface area contributed by atoms with Gasteiger partial charge in [0.25, 0.3) is 0 Å². The third-order valence-corrected chi connectivity index (χ3v) is 2.21. The zero-order chi connectivity index (χ0) is 6.10. The van der Waals surface area contributed by atoms with Crippen LogP contribution in [0.25, 0.3) is 0 Å². The summed E-state index contributed by atoms with van der Waals surface area (Å²) in [5.74, 6) is 0. The van der Waals surface area contributed by atoms with Crippen LogP contribution >= 0.6 is 0 Å². The first-order valence-corrected chi connectivity index (χ1v) is 3.69. The Labute approximate surface area is 56.4 Å². The number of rotatable bonds is 0. The van der Waals surface area contributed by atoms with Crippen molar-refractivity contribution in [2.75, 3.05) is 13.1 Å². The van der Waals surface area contributed by atoms with Crippen LogP contribution in [0.15, 0.2) is 12.2 Å². The Hall–Kier alpha value is -0.300. The standard InChI is InChI=1S/C8H12N/c1-2-6-9-7-3-5-8(9)4-1/h1-2,5,8H,3-4,6-7H2. The van der Waals surface area contributed by atoms with Crippen LogP contribution in [0.5, 0.6) is 0 Å². The van der Waals surface area contributed by atoms with Gasteiger partial charge in [-0.3, -0.25) is 4.90 Å². The van der Waals surface area contributed by atoms with E-state index in [0.29, 0.717) is 0 Å². The summed E-state index contributed by atoms with van der Waals surface area (Å²) < 4.78 is 0. The van der Waals surface area contributed by atoms with Crippen molar-refractivity contribution in [3.63, 3.8) is 0 Å². The Morgan fingerprint density at radius 1 is 1.33 bits per heavy atom. The summed E-state index contributed by atoms with van der Waals surface area (Å²) in [6.45, 7) is 2.47. The molecule has 0 amide bonds. The van der Waals surface area contributed by atoms with Crippen molar-refractivity contribution in [1.82, 2.24) is 4.90 Å². The average Bonchev–Trinajstić information content (AvgIpc) is 2.33. The van der Waals surface area contributed by atoms with Crippen LogP contribution in [0.1, 0.15) is 12.8 Å². The molecule has 2 heterocycles. The Morgan fingerprint density at radius 2 is 2.33 bits per heavy atom. The van der Waals surface area contributed by atoms with E-state index in [1.807, 2.05) is 0 Å². The Bertz CT molecular complexity index is 115. The summed E-state index contributed by atoms with van der Waals surface area (Å²) in [6.07, 6.45) is 9.55. The number of hydrogen-bond donors (Lipinski definition) is 0. The first-order valence-electron chi connectivity index (χ1n) is 3.69. The molecule has 1 heteroatoms. The predicted octanol–water partition coefficient (Wildman–Crippen LogP) is 1.22. The summed E-state index contributed by atoms with van der Waals surface area (Å²) in [5.41, 5.74) is 0. The molecule has 0 aromatic carbocycles. The van der Waals surface area contributed by atoms with E-state index in [-0.39, 0.29) is 0 Å². The van der Waals surface area contributed by atoms with Crippen molar-refractivity contribution in [3.05, 3.63) is 18.6 Å². The van der Waals surface area contributed by atoms with Crippen LogP contribution < -0.4 is 0 Å². The first-order chi connectivity index (χ1) is 4.47. The van der Waals surface area contributed by atoms with Crippen molar-refractivity contribution >= 4 is 0 Å². The van der Waals surface area contributed by atoms with Crippen LogP contribution in [0.3, 0.4) is 0 Å². The van der Waals surface area contributed by atoms with Crippen LogP contribution in [0, 0.1) is 6.42 Å². The number of nitrogens with zero attached hydrogens (tertiary/aromatic N) is 1. The fourth-order valence-electron chi connectivity index (χ4n) is 1.67. The van der Waals surface area contributed by atoms with Gasteiger partial charge in [-0.05, 0) is 25.8 Å². The third-order valence-electron chi connectivity index (χ3n) is 2.21. The van der Waals surface area contributed by atoms with Crippen molar-refractivity contribution in [2.45, 2.75) is 18.9 Å². The number of hydrogen-bond acceptors (Lipinski definition) is 1. The van der Waals surface area contributed by atoms with E-state index in [9.17, 15) is 0 Å². The third kappa shape index (κ3) is 0.897. The second-order valence-electron chi connectivity index (χ2n) is 2.79. The topological polar surface area (TPSA) is 3.24 Å². The van der Waals surface area contributed by atoms with Gasteiger partial charge in [-0.1, -0.05) is 12.2 Å². The molecular weight excluding hydrogens is 110 g/mol. The summed E-state index contributed by atoms with van der Waals surface area (Å²) >= 11 is 0. The normalized spacial score (nSPS) is 34.9. The second kappa shape index (κ2) is 2.14. The molecule has 0 aliphatic carbocycles. The van der Waals surface area contributed by atoms with E-state index >= 15 is 0 Å². The van der Waals surface area contributed by atoms with Crippen molar-refractivity contribution < 1.29 is 0 Å². The quantitative estimate of drug-likeness (QED) is 0.437. The Morgan fingerprint density at radius 3 is 3.22 bits per heavy atom. The fourth-order valence-corrected chi connectivity index (χ4v) is 1.67. The number of fused-ring (bicyclic) bond motifs is 1. The van der Waals surface area contributed by atoms with Gasteiger partial charge in [0.2, 0.25) is 0 Å². The minimum Gasteiger partial charge on any atom is -0.296 e. The zero-order valence-electron chi connectivity index (χ0n) is 5.59. The highest BCUT2D eigenvalue weighted by Gasteiger charge is 2.23. The SMILES string of the molecule is [CH]1CCN2CC=CCC12. The molecule has 0 aromatic heterocycles. The van der Waals surface area contributed by atoms with Gasteiger partial charge in [0, 0.05) is 12.6 Å². The summed E-state index contributed by atoms with van der Waals surface area (Å²) in [5, 5.41) is 0. The van der Waals surface area contributed by atoms with Gasteiger partial charge in [0.15, 0.2) is 0 Å². The maximum absolute atomic E-state index is 2.53. The molecule has 0 saturated carbocycles. The molecule has 0 aromatic rings. The van der Waals surface area contributed by atoms with E-state index < -0.39 is 0 Å². The van der Waals surface area contributed by atoms with Gasteiger partial charge in [-0.15, -0.1) is 0 Å². The van der Waals surface area contributed by atoms with Gasteiger partial charge < -0.3 is 0 Å². The molecule has 0 bridgehead atoms. The summed E-state index contributed by atoms with van der Waals surface area (Å²) in [4.78, 5) is 2.53. The van der Waals surface area contributed by atoms with Crippen LogP contribution in [-0.2, 0) is 0 Å². The molecule has 0 N–H and O–H groups in total. The molecule has 1 saturated heterocycles. The second-order valence-corrected chi connectivity index (χ2v) is 2.79. The largest absolute Gasteiger partial charge is 0.296 e. The van der Waals surface area contributed by atoms with Gasteiger partial charge >= 0.3 is 0 Å². The molecule has 2 aliphatic rings. The van der Waals surface area contributed by atoms with E-state index in [0.717, 1.165) is 6.04 Å². The fraction of sp³-hybridized carbons (Fsp3) is 0.625. The molecule has 1 radical (unpaired) electrons. The predicted molar refractivity (Wildman–Crippen MR) is 38.0 cm³/mol. The molecule has 49 valence electrons. The van der Waals surface area contributed by atoms with Crippen LogP contribution in [0.4, 0.5) is 0 Å². The highest BCUT2D eigenvalue weighted by molar-refractivity contribution is 5.04. The minimum absolute atomic E-state index is 0.787. The van der Waals surface area contributed by atoms with E-state index in [1.165, 1.54) is 25.9 Å². The summed E-state index contributed by atoms with van der Waals surface area (Å²) in [6, 6.07) is 0.787. The van der Waals surface area contributed by atoms with Crippen molar-refractivity contribution in [1.29, 1.82) is 0 Å². The molecule has 1 nitrogen and oxygen atoms in total. The lowest BCUT2D eigenvalue weighted by atomic mass is 10.1. The molecule has 0 spiro atoms. The highest BCUT2D eigenvalue weighted by Crippen LogP contribution is 2.21. The maximum atomic E-state index is 2.53. The molecule has 1 unspecified atom stereocenters. The smallest absolute Gasteiger partial charge is 0.0166 e. The van der Waals surface area contributed by atoms with E-state index in [2.05, 4.69) is 23.5 Å². The maximum Gasteiger partial charge on any atom is 0.0166 e. The van der Waals surface area contributed by atoms with Crippen LogP contribution in [-0.4, -0.2) is 24.0 Å². The van der Waals surface area contributed by atoms with Gasteiger partial charge in [0.05, 0.1) is 0 Å². The lowest BCUT2D eigenvalue weighted by molar-refractivity contribution is 0.286. The average molecular weight is 122 g/mol. The Balaban J connectivity index is 2.07. The molecule has 1 atom stereocenters. The van der Waals surface area contributed by atoms with Crippen LogP contribution in [0.2, 0.25) is 0 Å². The Kier molecular flexibility index (Phi) is 1.31. The van der Waals surface area contributed by atoms with E-state index in [4.69, 9.17) is 0 Å². The molecule has 2 aliphatic heterocycles. The minimum atomic E-state index is 0.787. The van der Waals surface area contributed by atoms with Gasteiger partial charge in [0.1, 0.15) is 0 Å². The summed E-state index contributed by atoms with van der Waals surface area (Å²) in [7, 11) is 0. The lowest BCUT2D eigenvalue weighted by Crippen LogP contribution is -2.31. The molecular formula is C8H12N. The van der Waals surface area contributed by atoms with Gasteiger partial charge in [-0.25, -0.2) is 0 Å².